The standard InChI is InChI=1S/C18H15ClO/c1-12-15(10-11-18(12)20)17-5-3-2-4-16(17)13-6-8-14(19)9-7-13/h2-9H,10-11H2,1H3. The summed E-state index contributed by atoms with van der Waals surface area (Å²) in [6, 6.07) is 16.1. The molecule has 0 radical (unpaired) electrons. The number of carbonyl (C=O) groups is 1. The summed E-state index contributed by atoms with van der Waals surface area (Å²) >= 11 is 5.95. The largest absolute Gasteiger partial charge is 0.295 e. The molecule has 100 valence electrons. The van der Waals surface area contributed by atoms with E-state index < -0.39 is 0 Å². The number of carbonyl (C=O) groups excluding carboxylic acids is 1. The van der Waals surface area contributed by atoms with Gasteiger partial charge in [0.1, 0.15) is 0 Å². The monoisotopic (exact) mass is 282 g/mol. The van der Waals surface area contributed by atoms with Crippen molar-refractivity contribution >= 4 is 23.0 Å². The van der Waals surface area contributed by atoms with Gasteiger partial charge in [-0.25, -0.2) is 0 Å². The zero-order valence-corrected chi connectivity index (χ0v) is 12.1. The van der Waals surface area contributed by atoms with E-state index in [1.54, 1.807) is 0 Å². The predicted molar refractivity (Wildman–Crippen MR) is 83.7 cm³/mol. The second-order valence-electron chi connectivity index (χ2n) is 5.08. The summed E-state index contributed by atoms with van der Waals surface area (Å²) in [4.78, 5) is 11.8. The summed E-state index contributed by atoms with van der Waals surface area (Å²) in [6.45, 7) is 1.93. The van der Waals surface area contributed by atoms with E-state index in [9.17, 15) is 4.79 Å². The van der Waals surface area contributed by atoms with Crippen LogP contribution in [0.15, 0.2) is 54.1 Å². The lowest BCUT2D eigenvalue weighted by molar-refractivity contribution is -0.114. The molecule has 0 aliphatic heterocycles. The maximum atomic E-state index is 11.8. The molecule has 2 heteroatoms. The van der Waals surface area contributed by atoms with E-state index in [0.717, 1.165) is 33.7 Å². The highest BCUT2D eigenvalue weighted by Crippen LogP contribution is 2.37. The molecule has 2 aromatic rings. The fourth-order valence-corrected chi connectivity index (χ4v) is 2.87. The van der Waals surface area contributed by atoms with Crippen LogP contribution in [0.2, 0.25) is 5.02 Å². The molecule has 1 nitrogen and oxygen atoms in total. The van der Waals surface area contributed by atoms with Gasteiger partial charge in [-0.1, -0.05) is 48.0 Å². The molecule has 1 aliphatic carbocycles. The lowest BCUT2D eigenvalue weighted by atomic mass is 9.93. The second-order valence-corrected chi connectivity index (χ2v) is 5.52. The van der Waals surface area contributed by atoms with E-state index in [-0.39, 0.29) is 5.78 Å². The highest BCUT2D eigenvalue weighted by molar-refractivity contribution is 6.30. The molecule has 0 unspecified atom stereocenters. The third-order valence-corrected chi connectivity index (χ3v) is 4.13. The van der Waals surface area contributed by atoms with Gasteiger partial charge in [-0.15, -0.1) is 0 Å². The number of hydrogen-bond donors (Lipinski definition) is 0. The Kier molecular flexibility index (Phi) is 3.45. The van der Waals surface area contributed by atoms with Crippen molar-refractivity contribution in [3.63, 3.8) is 0 Å². The van der Waals surface area contributed by atoms with E-state index in [1.807, 2.05) is 43.3 Å². The molecular formula is C18H15ClO. The van der Waals surface area contributed by atoms with Crippen molar-refractivity contribution in [2.45, 2.75) is 19.8 Å². The maximum absolute atomic E-state index is 11.8. The van der Waals surface area contributed by atoms with Gasteiger partial charge < -0.3 is 0 Å². The van der Waals surface area contributed by atoms with Crippen LogP contribution >= 0.6 is 11.6 Å². The lowest BCUT2D eigenvalue weighted by Crippen LogP contribution is -1.92. The van der Waals surface area contributed by atoms with Gasteiger partial charge in [0, 0.05) is 11.4 Å². The van der Waals surface area contributed by atoms with Crippen molar-refractivity contribution < 1.29 is 4.79 Å². The number of rotatable bonds is 2. The maximum Gasteiger partial charge on any atom is 0.159 e. The highest BCUT2D eigenvalue weighted by atomic mass is 35.5. The fourth-order valence-electron chi connectivity index (χ4n) is 2.75. The van der Waals surface area contributed by atoms with Crippen LogP contribution in [0.1, 0.15) is 25.3 Å². The molecule has 0 aromatic heterocycles. The van der Waals surface area contributed by atoms with E-state index in [2.05, 4.69) is 12.1 Å². The second kappa shape index (κ2) is 5.26. The molecule has 0 N–H and O–H groups in total. The molecule has 0 saturated carbocycles. The number of allylic oxidation sites excluding steroid dienone is 2. The van der Waals surface area contributed by atoms with Crippen molar-refractivity contribution in [2.75, 3.05) is 0 Å². The minimum Gasteiger partial charge on any atom is -0.295 e. The van der Waals surface area contributed by atoms with E-state index in [0.29, 0.717) is 6.42 Å². The summed E-state index contributed by atoms with van der Waals surface area (Å²) in [5, 5.41) is 0.734. The van der Waals surface area contributed by atoms with Crippen LogP contribution in [0, 0.1) is 0 Å². The molecule has 0 atom stereocenters. The average Bonchev–Trinajstić information content (AvgIpc) is 2.80. The highest BCUT2D eigenvalue weighted by Gasteiger charge is 2.22. The topological polar surface area (TPSA) is 17.1 Å². The Morgan fingerprint density at radius 3 is 2.15 bits per heavy atom. The first kappa shape index (κ1) is 13.1. The van der Waals surface area contributed by atoms with Crippen LogP contribution in [-0.4, -0.2) is 5.78 Å². The van der Waals surface area contributed by atoms with Gasteiger partial charge in [0.25, 0.3) is 0 Å². The molecular weight excluding hydrogens is 268 g/mol. The zero-order chi connectivity index (χ0) is 14.1. The Bertz CT molecular complexity index is 696. The lowest BCUT2D eigenvalue weighted by Gasteiger charge is -2.11. The summed E-state index contributed by atoms with van der Waals surface area (Å²) in [6.07, 6.45) is 1.48. The van der Waals surface area contributed by atoms with Crippen LogP contribution in [0.4, 0.5) is 0 Å². The predicted octanol–water partition coefficient (Wildman–Crippen LogP) is 5.14. The fraction of sp³-hybridized carbons (Fsp3) is 0.167. The first-order chi connectivity index (χ1) is 9.66. The Morgan fingerprint density at radius 1 is 0.900 bits per heavy atom. The van der Waals surface area contributed by atoms with Crippen molar-refractivity contribution in [3.8, 4) is 11.1 Å². The van der Waals surface area contributed by atoms with Crippen molar-refractivity contribution in [1.82, 2.24) is 0 Å². The molecule has 0 heterocycles. The Hall–Kier alpha value is -1.86. The summed E-state index contributed by atoms with van der Waals surface area (Å²) in [5.41, 5.74) is 5.54. The number of benzene rings is 2. The molecule has 20 heavy (non-hydrogen) atoms. The summed E-state index contributed by atoms with van der Waals surface area (Å²) in [5.74, 6) is 0.269. The van der Waals surface area contributed by atoms with Gasteiger partial charge in [0.15, 0.2) is 5.78 Å². The van der Waals surface area contributed by atoms with Crippen LogP contribution in [-0.2, 0) is 4.79 Å². The van der Waals surface area contributed by atoms with Crippen LogP contribution in [0.3, 0.4) is 0 Å². The van der Waals surface area contributed by atoms with Gasteiger partial charge >= 0.3 is 0 Å². The van der Waals surface area contributed by atoms with E-state index in [4.69, 9.17) is 11.6 Å². The minimum atomic E-state index is 0.269. The van der Waals surface area contributed by atoms with Crippen molar-refractivity contribution in [1.29, 1.82) is 0 Å². The number of halogens is 1. The Labute approximate surface area is 123 Å². The summed E-state index contributed by atoms with van der Waals surface area (Å²) < 4.78 is 0. The van der Waals surface area contributed by atoms with E-state index in [1.165, 1.54) is 5.57 Å². The molecule has 0 spiro atoms. The molecule has 2 aromatic carbocycles. The smallest absolute Gasteiger partial charge is 0.159 e. The number of ketones is 1. The minimum absolute atomic E-state index is 0.269. The number of hydrogen-bond acceptors (Lipinski definition) is 1. The van der Waals surface area contributed by atoms with Gasteiger partial charge in [-0.2, -0.15) is 0 Å². The normalized spacial score (nSPS) is 15.0. The molecule has 0 amide bonds. The van der Waals surface area contributed by atoms with E-state index >= 15 is 0 Å². The first-order valence-corrected chi connectivity index (χ1v) is 7.13. The van der Waals surface area contributed by atoms with Crippen molar-refractivity contribution in [3.05, 3.63) is 64.7 Å². The number of Topliss-reactive ketones (excluding diaryl/α,β-unsaturated/α-hetero) is 1. The third-order valence-electron chi connectivity index (χ3n) is 3.88. The van der Waals surface area contributed by atoms with Crippen LogP contribution < -0.4 is 0 Å². The Morgan fingerprint density at radius 2 is 1.55 bits per heavy atom. The molecule has 0 saturated heterocycles. The SMILES string of the molecule is CC1=C(c2ccccc2-c2ccc(Cl)cc2)CCC1=O. The molecule has 0 bridgehead atoms. The zero-order valence-electron chi connectivity index (χ0n) is 11.3. The molecule has 1 aliphatic rings. The molecule has 0 fully saturated rings. The van der Waals surface area contributed by atoms with Gasteiger partial charge in [-0.3, -0.25) is 4.79 Å². The van der Waals surface area contributed by atoms with Gasteiger partial charge in [0.05, 0.1) is 0 Å². The average molecular weight is 283 g/mol. The Balaban J connectivity index is 2.14. The van der Waals surface area contributed by atoms with Gasteiger partial charge in [-0.05, 0) is 53.3 Å². The van der Waals surface area contributed by atoms with Crippen LogP contribution in [0.25, 0.3) is 16.7 Å². The van der Waals surface area contributed by atoms with Crippen LogP contribution in [0.5, 0.6) is 0 Å². The third kappa shape index (κ3) is 2.30. The van der Waals surface area contributed by atoms with Crippen molar-refractivity contribution in [2.24, 2.45) is 0 Å². The molecule has 3 rings (SSSR count). The first-order valence-electron chi connectivity index (χ1n) is 6.75. The quantitative estimate of drug-likeness (QED) is 0.745. The van der Waals surface area contributed by atoms with Gasteiger partial charge in [0.2, 0.25) is 0 Å². The summed E-state index contributed by atoms with van der Waals surface area (Å²) in [7, 11) is 0.